The van der Waals surface area contributed by atoms with Crippen molar-refractivity contribution >= 4 is 5.78 Å². The zero-order valence-corrected chi connectivity index (χ0v) is 16.5. The standard InChI is InChI=1S/C21H32O5/c1-11-8-13(22)12-9-15-20(4)7-6-16(23)19(2,3)14(20)10-17(24)21(15,5)26-18(12)25-11/h11,14-17,23-24H,6-10H2,1-5H3/t11-,14-,15-,16-,17-,20+,21+/m1/s1. The van der Waals surface area contributed by atoms with E-state index in [1.165, 1.54) is 0 Å². The molecule has 26 heavy (non-hydrogen) atoms. The Morgan fingerprint density at radius 1 is 1.04 bits per heavy atom. The summed E-state index contributed by atoms with van der Waals surface area (Å²) in [6, 6.07) is 0. The highest BCUT2D eigenvalue weighted by Crippen LogP contribution is 2.65. The molecule has 2 saturated carbocycles. The maximum Gasteiger partial charge on any atom is 0.287 e. The van der Waals surface area contributed by atoms with Gasteiger partial charge in [-0.15, -0.1) is 0 Å². The van der Waals surface area contributed by atoms with E-state index in [2.05, 4.69) is 20.8 Å². The first-order chi connectivity index (χ1) is 12.0. The van der Waals surface area contributed by atoms with Gasteiger partial charge in [-0.3, -0.25) is 4.79 Å². The average Bonchev–Trinajstić information content (AvgIpc) is 2.53. The minimum Gasteiger partial charge on any atom is -0.462 e. The maximum absolute atomic E-state index is 12.6. The maximum atomic E-state index is 12.6. The number of ether oxygens (including phenoxy) is 2. The van der Waals surface area contributed by atoms with E-state index >= 15 is 0 Å². The summed E-state index contributed by atoms with van der Waals surface area (Å²) in [6.07, 6.45) is 2.00. The van der Waals surface area contributed by atoms with Crippen LogP contribution in [0, 0.1) is 22.7 Å². The first-order valence-electron chi connectivity index (χ1n) is 9.98. The summed E-state index contributed by atoms with van der Waals surface area (Å²) in [6.45, 7) is 10.3. The molecule has 2 heterocycles. The number of carbonyl (C=O) groups excluding carboxylic acids is 1. The lowest BCUT2D eigenvalue weighted by Crippen LogP contribution is -2.67. The molecule has 2 aliphatic carbocycles. The van der Waals surface area contributed by atoms with Gasteiger partial charge in [-0.2, -0.15) is 0 Å². The predicted molar refractivity (Wildman–Crippen MR) is 96.0 cm³/mol. The number of rotatable bonds is 0. The molecule has 0 unspecified atom stereocenters. The fourth-order valence-corrected chi connectivity index (χ4v) is 6.47. The van der Waals surface area contributed by atoms with Crippen LogP contribution < -0.4 is 0 Å². The van der Waals surface area contributed by atoms with Crippen LogP contribution in [-0.4, -0.2) is 39.9 Å². The van der Waals surface area contributed by atoms with Crippen molar-refractivity contribution in [3.05, 3.63) is 11.5 Å². The van der Waals surface area contributed by atoms with Gasteiger partial charge in [-0.05, 0) is 56.3 Å². The number of aliphatic hydroxyl groups is 2. The van der Waals surface area contributed by atoms with Crippen LogP contribution in [0.2, 0.25) is 0 Å². The number of hydrogen-bond donors (Lipinski definition) is 2. The molecule has 2 fully saturated rings. The molecule has 0 aromatic carbocycles. The van der Waals surface area contributed by atoms with Gasteiger partial charge >= 0.3 is 0 Å². The molecule has 2 aliphatic heterocycles. The van der Waals surface area contributed by atoms with Crippen LogP contribution in [-0.2, 0) is 14.3 Å². The van der Waals surface area contributed by atoms with Crippen molar-refractivity contribution < 1.29 is 24.5 Å². The number of fused-ring (bicyclic) bond motifs is 3. The minimum absolute atomic E-state index is 0.0234. The Morgan fingerprint density at radius 3 is 2.42 bits per heavy atom. The van der Waals surface area contributed by atoms with Crippen molar-refractivity contribution in [1.82, 2.24) is 0 Å². The van der Waals surface area contributed by atoms with E-state index in [4.69, 9.17) is 9.47 Å². The second kappa shape index (κ2) is 5.48. The quantitative estimate of drug-likeness (QED) is 0.691. The molecule has 5 nitrogen and oxygen atoms in total. The number of hydrogen-bond acceptors (Lipinski definition) is 5. The van der Waals surface area contributed by atoms with Gasteiger partial charge in [0.1, 0.15) is 11.7 Å². The van der Waals surface area contributed by atoms with E-state index in [9.17, 15) is 15.0 Å². The molecular weight excluding hydrogens is 332 g/mol. The van der Waals surface area contributed by atoms with Gasteiger partial charge in [0.05, 0.1) is 17.8 Å². The molecular formula is C21H32O5. The van der Waals surface area contributed by atoms with Crippen molar-refractivity contribution in [3.63, 3.8) is 0 Å². The van der Waals surface area contributed by atoms with Crippen LogP contribution in [0.1, 0.15) is 66.7 Å². The fraction of sp³-hybridized carbons (Fsp3) is 0.857. The molecule has 0 saturated heterocycles. The summed E-state index contributed by atoms with van der Waals surface area (Å²) in [5, 5.41) is 21.7. The first-order valence-corrected chi connectivity index (χ1v) is 9.98. The van der Waals surface area contributed by atoms with Gasteiger partial charge in [0, 0.05) is 12.3 Å². The zero-order valence-electron chi connectivity index (χ0n) is 16.5. The van der Waals surface area contributed by atoms with E-state index in [0.29, 0.717) is 30.8 Å². The lowest BCUT2D eigenvalue weighted by Gasteiger charge is -2.65. The molecule has 146 valence electrons. The molecule has 0 amide bonds. The second-order valence-electron chi connectivity index (χ2n) is 10.1. The van der Waals surface area contributed by atoms with E-state index < -0.39 is 11.7 Å². The summed E-state index contributed by atoms with van der Waals surface area (Å²) in [7, 11) is 0. The average molecular weight is 364 g/mol. The molecule has 4 rings (SSSR count). The highest BCUT2D eigenvalue weighted by atomic mass is 16.7. The molecule has 5 heteroatoms. The van der Waals surface area contributed by atoms with Gasteiger partial charge < -0.3 is 19.7 Å². The van der Waals surface area contributed by atoms with E-state index in [-0.39, 0.29) is 40.7 Å². The van der Waals surface area contributed by atoms with Crippen LogP contribution in [0.15, 0.2) is 11.5 Å². The fourth-order valence-electron chi connectivity index (χ4n) is 6.47. The van der Waals surface area contributed by atoms with Crippen molar-refractivity contribution in [1.29, 1.82) is 0 Å². The number of carbonyl (C=O) groups is 1. The molecule has 0 aromatic heterocycles. The first kappa shape index (κ1) is 18.3. The molecule has 0 radical (unpaired) electrons. The summed E-state index contributed by atoms with van der Waals surface area (Å²) >= 11 is 0. The Bertz CT molecular complexity index is 667. The van der Waals surface area contributed by atoms with Gasteiger partial charge in [0.2, 0.25) is 0 Å². The topological polar surface area (TPSA) is 76.0 Å². The van der Waals surface area contributed by atoms with Gasteiger partial charge in [-0.1, -0.05) is 20.8 Å². The third-order valence-corrected chi connectivity index (χ3v) is 8.20. The third-order valence-electron chi connectivity index (χ3n) is 8.20. The second-order valence-corrected chi connectivity index (χ2v) is 10.1. The Kier molecular flexibility index (Phi) is 3.86. The number of ketones is 1. The van der Waals surface area contributed by atoms with Gasteiger partial charge in [-0.25, -0.2) is 0 Å². The van der Waals surface area contributed by atoms with Crippen molar-refractivity contribution in [2.75, 3.05) is 0 Å². The number of Topliss-reactive ketones (excluding diaryl/α,β-unsaturated/α-hetero) is 1. The molecule has 0 spiro atoms. The summed E-state index contributed by atoms with van der Waals surface area (Å²) in [5.41, 5.74) is -0.479. The van der Waals surface area contributed by atoms with Crippen LogP contribution in [0.4, 0.5) is 0 Å². The van der Waals surface area contributed by atoms with E-state index in [1.807, 2.05) is 13.8 Å². The monoisotopic (exact) mass is 364 g/mol. The van der Waals surface area contributed by atoms with Crippen LogP contribution in [0.3, 0.4) is 0 Å². The Balaban J connectivity index is 1.78. The molecule has 0 bridgehead atoms. The SMILES string of the molecule is C[C@@H]1CC(=O)C2=C(O1)O[C@]1(C)[C@H](O)C[C@@H]3C(C)(C)[C@H](O)CC[C@]3(C)[C@H]1C2. The normalized spacial score (nSPS) is 50.1. The molecule has 0 aromatic rings. The molecule has 2 N–H and O–H groups in total. The van der Waals surface area contributed by atoms with Crippen molar-refractivity contribution in [2.45, 2.75) is 90.6 Å². The lowest BCUT2D eigenvalue weighted by atomic mass is 9.43. The zero-order chi connectivity index (χ0) is 19.1. The Hall–Kier alpha value is -1.07. The Morgan fingerprint density at radius 2 is 1.73 bits per heavy atom. The minimum atomic E-state index is -0.764. The van der Waals surface area contributed by atoms with Gasteiger partial charge in [0.15, 0.2) is 5.78 Å². The van der Waals surface area contributed by atoms with Crippen LogP contribution in [0.25, 0.3) is 0 Å². The summed E-state index contributed by atoms with van der Waals surface area (Å²) in [5.74, 6) is 0.645. The highest BCUT2D eigenvalue weighted by molar-refractivity contribution is 5.96. The molecule has 4 aliphatic rings. The lowest BCUT2D eigenvalue weighted by molar-refractivity contribution is -0.264. The Labute approximate surface area is 155 Å². The van der Waals surface area contributed by atoms with Crippen molar-refractivity contribution in [2.24, 2.45) is 22.7 Å². The predicted octanol–water partition coefficient (Wildman–Crippen LogP) is 2.94. The third kappa shape index (κ3) is 2.26. The smallest absolute Gasteiger partial charge is 0.287 e. The number of aliphatic hydroxyl groups excluding tert-OH is 2. The summed E-state index contributed by atoms with van der Waals surface area (Å²) in [4.78, 5) is 12.6. The van der Waals surface area contributed by atoms with Gasteiger partial charge in [0.25, 0.3) is 5.95 Å². The van der Waals surface area contributed by atoms with E-state index in [1.54, 1.807) is 0 Å². The summed E-state index contributed by atoms with van der Waals surface area (Å²) < 4.78 is 12.1. The molecule has 7 atom stereocenters. The number of allylic oxidation sites excluding steroid dienone is 1. The van der Waals surface area contributed by atoms with E-state index in [0.717, 1.165) is 12.8 Å². The largest absolute Gasteiger partial charge is 0.462 e. The highest BCUT2D eigenvalue weighted by Gasteiger charge is 2.66. The van der Waals surface area contributed by atoms with Crippen molar-refractivity contribution in [3.8, 4) is 0 Å². The van der Waals surface area contributed by atoms with Crippen LogP contribution in [0.5, 0.6) is 0 Å². The van der Waals surface area contributed by atoms with Crippen LogP contribution >= 0.6 is 0 Å².